The van der Waals surface area contributed by atoms with Crippen LogP contribution in [0.4, 0.5) is 26.7 Å². The Labute approximate surface area is 180 Å². The molecule has 4 N–H and O–H groups in total. The van der Waals surface area contributed by atoms with E-state index in [1.54, 1.807) is 48.5 Å². The molecule has 0 heterocycles. The molecule has 31 heavy (non-hydrogen) atoms. The van der Waals surface area contributed by atoms with E-state index >= 15 is 0 Å². The maximum atomic E-state index is 12.8. The molecule has 0 aliphatic heterocycles. The summed E-state index contributed by atoms with van der Waals surface area (Å²) in [6, 6.07) is 26.0. The zero-order chi connectivity index (χ0) is 21.9. The fraction of sp³-hybridized carbons (Fsp3) is 0.0870. The van der Waals surface area contributed by atoms with E-state index in [9.17, 15) is 14.4 Å². The van der Waals surface area contributed by atoms with Gasteiger partial charge in [0, 0.05) is 30.0 Å². The number of anilines is 3. The van der Waals surface area contributed by atoms with E-state index in [-0.39, 0.29) is 19.0 Å². The third-order valence-corrected chi connectivity index (χ3v) is 4.25. The number of carbonyl (C=O) groups is 3. The van der Waals surface area contributed by atoms with Crippen molar-refractivity contribution in [2.75, 3.05) is 22.1 Å². The first-order valence-electron chi connectivity index (χ1n) is 9.71. The lowest BCUT2D eigenvalue weighted by Gasteiger charge is -2.23. The number of amides is 5. The SMILES string of the molecule is O=C(CCN(C(=O)Nc1ccccc1)c1ccccc1)NNC(=O)Nc1ccccc1. The summed E-state index contributed by atoms with van der Waals surface area (Å²) in [7, 11) is 0. The second-order valence-electron chi connectivity index (χ2n) is 6.53. The highest BCUT2D eigenvalue weighted by atomic mass is 16.2. The minimum atomic E-state index is -0.568. The smallest absolute Gasteiger partial charge is 0.308 e. The van der Waals surface area contributed by atoms with Gasteiger partial charge < -0.3 is 10.6 Å². The molecule has 3 aromatic carbocycles. The number of hydrogen-bond donors (Lipinski definition) is 4. The molecule has 0 spiro atoms. The molecule has 0 fully saturated rings. The standard InChI is InChI=1S/C23H23N5O3/c29-21(26-27-22(30)24-18-10-4-1-5-11-18)16-17-28(20-14-8-3-9-15-20)23(31)25-19-12-6-2-7-13-19/h1-15H,16-17H2,(H,25,31)(H,26,29)(H2,24,27,30). The highest BCUT2D eigenvalue weighted by molar-refractivity contribution is 6.02. The molecular weight excluding hydrogens is 394 g/mol. The van der Waals surface area contributed by atoms with E-state index in [0.29, 0.717) is 17.1 Å². The molecule has 0 atom stereocenters. The number of urea groups is 2. The molecular formula is C23H23N5O3. The predicted molar refractivity (Wildman–Crippen MR) is 121 cm³/mol. The molecule has 8 heteroatoms. The van der Waals surface area contributed by atoms with Gasteiger partial charge in [0.15, 0.2) is 0 Å². The number of hydrogen-bond acceptors (Lipinski definition) is 3. The van der Waals surface area contributed by atoms with Gasteiger partial charge in [0.2, 0.25) is 5.91 Å². The van der Waals surface area contributed by atoms with Crippen molar-refractivity contribution in [3.63, 3.8) is 0 Å². The normalized spacial score (nSPS) is 9.94. The van der Waals surface area contributed by atoms with Crippen LogP contribution in [0.15, 0.2) is 91.0 Å². The minimum Gasteiger partial charge on any atom is -0.308 e. The van der Waals surface area contributed by atoms with Gasteiger partial charge in [0.25, 0.3) is 0 Å². The Balaban J connectivity index is 1.54. The van der Waals surface area contributed by atoms with Crippen LogP contribution in [0.5, 0.6) is 0 Å². The molecule has 0 aliphatic carbocycles. The number of nitrogens with zero attached hydrogens (tertiary/aromatic N) is 1. The van der Waals surface area contributed by atoms with Gasteiger partial charge in [-0.15, -0.1) is 0 Å². The lowest BCUT2D eigenvalue weighted by Crippen LogP contribution is -2.45. The van der Waals surface area contributed by atoms with Crippen molar-refractivity contribution in [1.29, 1.82) is 0 Å². The van der Waals surface area contributed by atoms with Crippen LogP contribution < -0.4 is 26.4 Å². The van der Waals surface area contributed by atoms with Crippen LogP contribution in [0.3, 0.4) is 0 Å². The van der Waals surface area contributed by atoms with Crippen LogP contribution in [0.1, 0.15) is 6.42 Å². The summed E-state index contributed by atoms with van der Waals surface area (Å²) in [5.74, 6) is -0.434. The van der Waals surface area contributed by atoms with Crippen LogP contribution in [0.25, 0.3) is 0 Å². The van der Waals surface area contributed by atoms with Crippen LogP contribution in [0.2, 0.25) is 0 Å². The van der Waals surface area contributed by atoms with Gasteiger partial charge in [-0.3, -0.25) is 15.1 Å². The van der Waals surface area contributed by atoms with Crippen LogP contribution in [-0.2, 0) is 4.79 Å². The summed E-state index contributed by atoms with van der Waals surface area (Å²) in [5, 5.41) is 5.41. The monoisotopic (exact) mass is 417 g/mol. The highest BCUT2D eigenvalue weighted by Crippen LogP contribution is 2.16. The Morgan fingerprint density at radius 3 is 1.74 bits per heavy atom. The molecule has 8 nitrogen and oxygen atoms in total. The van der Waals surface area contributed by atoms with Gasteiger partial charge in [-0.05, 0) is 36.4 Å². The lowest BCUT2D eigenvalue weighted by molar-refractivity contribution is -0.121. The van der Waals surface area contributed by atoms with Crippen molar-refractivity contribution in [3.05, 3.63) is 91.0 Å². The number of nitrogens with one attached hydrogen (secondary N) is 4. The number of para-hydroxylation sites is 3. The molecule has 3 rings (SSSR count). The van der Waals surface area contributed by atoms with Gasteiger partial charge >= 0.3 is 12.1 Å². The van der Waals surface area contributed by atoms with E-state index in [1.807, 2.05) is 42.5 Å². The molecule has 0 bridgehead atoms. The third-order valence-electron chi connectivity index (χ3n) is 4.25. The summed E-state index contributed by atoms with van der Waals surface area (Å²) in [6.07, 6.45) is -0.0112. The maximum absolute atomic E-state index is 12.8. The minimum absolute atomic E-state index is 0.0112. The summed E-state index contributed by atoms with van der Waals surface area (Å²) in [4.78, 5) is 38.3. The van der Waals surface area contributed by atoms with Crippen molar-refractivity contribution in [2.45, 2.75) is 6.42 Å². The number of benzene rings is 3. The third kappa shape index (κ3) is 6.90. The van der Waals surface area contributed by atoms with Crippen molar-refractivity contribution < 1.29 is 14.4 Å². The molecule has 158 valence electrons. The van der Waals surface area contributed by atoms with E-state index < -0.39 is 11.9 Å². The van der Waals surface area contributed by atoms with Crippen molar-refractivity contribution >= 4 is 35.0 Å². The largest absolute Gasteiger partial charge is 0.337 e. The summed E-state index contributed by atoms with van der Waals surface area (Å²) in [6.45, 7) is 0.122. The topological polar surface area (TPSA) is 103 Å². The van der Waals surface area contributed by atoms with E-state index in [1.165, 1.54) is 4.90 Å². The van der Waals surface area contributed by atoms with Crippen molar-refractivity contribution in [1.82, 2.24) is 10.9 Å². The summed E-state index contributed by atoms with van der Waals surface area (Å²) < 4.78 is 0. The molecule has 0 unspecified atom stereocenters. The Kier molecular flexibility index (Phi) is 7.59. The zero-order valence-corrected chi connectivity index (χ0v) is 16.7. The molecule has 0 saturated carbocycles. The van der Waals surface area contributed by atoms with Gasteiger partial charge in [-0.1, -0.05) is 54.6 Å². The van der Waals surface area contributed by atoms with Crippen LogP contribution in [0, 0.1) is 0 Å². The quantitative estimate of drug-likeness (QED) is 0.456. The number of carbonyl (C=O) groups excluding carboxylic acids is 3. The average molecular weight is 417 g/mol. The molecule has 0 aliphatic rings. The second-order valence-corrected chi connectivity index (χ2v) is 6.53. The molecule has 3 aromatic rings. The number of rotatable bonds is 6. The molecule has 5 amide bonds. The summed E-state index contributed by atoms with van der Waals surface area (Å²) in [5.41, 5.74) is 6.53. The van der Waals surface area contributed by atoms with Gasteiger partial charge in [-0.2, -0.15) is 0 Å². The first-order chi connectivity index (χ1) is 15.1. The number of hydrazine groups is 1. The zero-order valence-electron chi connectivity index (χ0n) is 16.7. The van der Waals surface area contributed by atoms with Crippen LogP contribution in [-0.4, -0.2) is 24.5 Å². The van der Waals surface area contributed by atoms with Crippen molar-refractivity contribution in [3.8, 4) is 0 Å². The predicted octanol–water partition coefficient (Wildman–Crippen LogP) is 3.97. The molecule has 0 saturated heterocycles. The molecule has 0 radical (unpaired) electrons. The Bertz CT molecular complexity index is 997. The fourth-order valence-electron chi connectivity index (χ4n) is 2.75. The van der Waals surface area contributed by atoms with E-state index in [0.717, 1.165) is 0 Å². The average Bonchev–Trinajstić information content (AvgIpc) is 2.80. The fourth-order valence-corrected chi connectivity index (χ4v) is 2.75. The first kappa shape index (κ1) is 21.4. The Morgan fingerprint density at radius 2 is 1.16 bits per heavy atom. The Morgan fingerprint density at radius 1 is 0.645 bits per heavy atom. The van der Waals surface area contributed by atoms with Gasteiger partial charge in [0.1, 0.15) is 0 Å². The second kappa shape index (κ2) is 11.0. The Hall–Kier alpha value is -4.33. The van der Waals surface area contributed by atoms with Crippen LogP contribution >= 0.6 is 0 Å². The summed E-state index contributed by atoms with van der Waals surface area (Å²) >= 11 is 0. The lowest BCUT2D eigenvalue weighted by atomic mass is 10.2. The molecule has 0 aromatic heterocycles. The van der Waals surface area contributed by atoms with E-state index in [4.69, 9.17) is 0 Å². The maximum Gasteiger partial charge on any atom is 0.337 e. The van der Waals surface area contributed by atoms with Gasteiger partial charge in [0.05, 0.1) is 0 Å². The first-order valence-corrected chi connectivity index (χ1v) is 9.71. The van der Waals surface area contributed by atoms with Gasteiger partial charge in [-0.25, -0.2) is 15.0 Å². The highest BCUT2D eigenvalue weighted by Gasteiger charge is 2.17. The van der Waals surface area contributed by atoms with E-state index in [2.05, 4.69) is 21.5 Å². The van der Waals surface area contributed by atoms with Crippen molar-refractivity contribution in [2.24, 2.45) is 0 Å².